The third-order valence-corrected chi connectivity index (χ3v) is 5.96. The summed E-state index contributed by atoms with van der Waals surface area (Å²) in [5.41, 5.74) is 1.57. The van der Waals surface area contributed by atoms with Crippen LogP contribution in [0.3, 0.4) is 0 Å². The van der Waals surface area contributed by atoms with E-state index in [1.807, 2.05) is 61.6 Å². The predicted molar refractivity (Wildman–Crippen MR) is 139 cm³/mol. The van der Waals surface area contributed by atoms with E-state index < -0.39 is 8.56 Å². The summed E-state index contributed by atoms with van der Waals surface area (Å²) >= 11 is 0. The SMILES string of the molecule is C[Si](C)(Oc1ccccc1/C=N/N=C/c1ccco1)Oc1ccccc1/C=N/N=C/c1ccco1. The fourth-order valence-corrected chi connectivity index (χ4v) is 4.48. The minimum absolute atomic E-state index is 0.627. The fourth-order valence-electron chi connectivity index (χ4n) is 3.01. The van der Waals surface area contributed by atoms with Crippen LogP contribution >= 0.6 is 0 Å². The van der Waals surface area contributed by atoms with Gasteiger partial charge in [0.05, 0.1) is 37.4 Å². The largest absolute Gasteiger partial charge is 0.512 e. The molecule has 8 nitrogen and oxygen atoms in total. The van der Waals surface area contributed by atoms with Gasteiger partial charge in [-0.15, -0.1) is 0 Å². The summed E-state index contributed by atoms with van der Waals surface area (Å²) in [6, 6.07) is 22.4. The van der Waals surface area contributed by atoms with Gasteiger partial charge in [0.25, 0.3) is 0 Å². The molecule has 35 heavy (non-hydrogen) atoms. The van der Waals surface area contributed by atoms with Crippen LogP contribution in [0.4, 0.5) is 0 Å². The molecule has 0 atom stereocenters. The van der Waals surface area contributed by atoms with Gasteiger partial charge in [-0.2, -0.15) is 20.4 Å². The highest BCUT2D eigenvalue weighted by molar-refractivity contribution is 6.66. The van der Waals surface area contributed by atoms with Crippen LogP contribution in [0, 0.1) is 0 Å². The summed E-state index contributed by atoms with van der Waals surface area (Å²) in [5.74, 6) is 2.58. The Hall–Kier alpha value is -4.50. The van der Waals surface area contributed by atoms with E-state index in [4.69, 9.17) is 17.7 Å². The second-order valence-electron chi connectivity index (χ2n) is 7.69. The summed E-state index contributed by atoms with van der Waals surface area (Å²) in [6.45, 7) is 3.94. The minimum Gasteiger partial charge on any atom is -0.512 e. The smallest absolute Gasteiger partial charge is 0.454 e. The summed E-state index contributed by atoms with van der Waals surface area (Å²) in [4.78, 5) is 0. The number of furan rings is 2. The highest BCUT2D eigenvalue weighted by Gasteiger charge is 2.30. The monoisotopic (exact) mass is 484 g/mol. The highest BCUT2D eigenvalue weighted by atomic mass is 28.4. The van der Waals surface area contributed by atoms with Crippen LogP contribution in [-0.2, 0) is 0 Å². The van der Waals surface area contributed by atoms with Crippen LogP contribution < -0.4 is 8.85 Å². The zero-order valence-corrected chi connectivity index (χ0v) is 20.3. The van der Waals surface area contributed by atoms with Crippen molar-refractivity contribution in [1.82, 2.24) is 0 Å². The molecule has 2 heterocycles. The van der Waals surface area contributed by atoms with E-state index in [1.54, 1.807) is 61.7 Å². The van der Waals surface area contributed by atoms with Crippen LogP contribution in [0.2, 0.25) is 13.1 Å². The van der Waals surface area contributed by atoms with E-state index in [-0.39, 0.29) is 0 Å². The Bertz CT molecular complexity index is 1230. The zero-order valence-electron chi connectivity index (χ0n) is 19.3. The number of hydrogen-bond donors (Lipinski definition) is 0. The van der Waals surface area contributed by atoms with Crippen molar-refractivity contribution in [3.05, 3.63) is 108 Å². The summed E-state index contributed by atoms with van der Waals surface area (Å²) in [6.07, 6.45) is 9.52. The molecule has 4 rings (SSSR count). The predicted octanol–water partition coefficient (Wildman–Crippen LogP) is 5.94. The molecule has 0 aliphatic heterocycles. The van der Waals surface area contributed by atoms with Gasteiger partial charge < -0.3 is 17.7 Å². The molecule has 0 saturated carbocycles. The van der Waals surface area contributed by atoms with Crippen molar-refractivity contribution in [2.45, 2.75) is 13.1 Å². The van der Waals surface area contributed by atoms with Gasteiger partial charge in [-0.05, 0) is 48.5 Å². The fraction of sp³-hybridized carbons (Fsp3) is 0.0769. The van der Waals surface area contributed by atoms with Crippen molar-refractivity contribution >= 4 is 33.4 Å². The van der Waals surface area contributed by atoms with Crippen LogP contribution in [0.25, 0.3) is 0 Å². The Labute approximate surface area is 204 Å². The van der Waals surface area contributed by atoms with E-state index in [1.165, 1.54) is 0 Å². The second kappa shape index (κ2) is 11.6. The van der Waals surface area contributed by atoms with Crippen molar-refractivity contribution in [3.8, 4) is 11.5 Å². The lowest BCUT2D eigenvalue weighted by molar-refractivity contribution is 0.399. The Morgan fingerprint density at radius 3 is 1.43 bits per heavy atom. The van der Waals surface area contributed by atoms with Gasteiger partial charge >= 0.3 is 8.56 Å². The number of hydrogen-bond acceptors (Lipinski definition) is 8. The van der Waals surface area contributed by atoms with Gasteiger partial charge in [-0.3, -0.25) is 0 Å². The Morgan fingerprint density at radius 2 is 1.00 bits per heavy atom. The lowest BCUT2D eigenvalue weighted by Crippen LogP contribution is -2.42. The topological polar surface area (TPSA) is 94.2 Å². The van der Waals surface area contributed by atoms with Gasteiger partial charge in [0.1, 0.15) is 23.0 Å². The van der Waals surface area contributed by atoms with E-state index in [9.17, 15) is 0 Å². The third-order valence-electron chi connectivity index (χ3n) is 4.53. The summed E-state index contributed by atoms with van der Waals surface area (Å²) < 4.78 is 23.1. The number of benzene rings is 2. The molecule has 9 heteroatoms. The molecule has 0 fully saturated rings. The first-order valence-corrected chi connectivity index (χ1v) is 13.7. The zero-order chi connectivity index (χ0) is 24.3. The van der Waals surface area contributed by atoms with Gasteiger partial charge in [0.2, 0.25) is 0 Å². The molecule has 0 aliphatic carbocycles. The van der Waals surface area contributed by atoms with Crippen LogP contribution in [-0.4, -0.2) is 33.4 Å². The van der Waals surface area contributed by atoms with Gasteiger partial charge in [-0.25, -0.2) is 0 Å². The molecule has 4 aromatic rings. The standard InChI is InChI=1S/C26H24N4O4Si/c1-35(2,33-25-13-5-3-9-21(25)17-27-29-19-23-11-7-15-31-23)34-26-14-6-4-10-22(26)18-28-30-20-24-12-8-16-32-24/h3-20H,1-2H3/b27-17+,28-18+,29-19+,30-20+. The first-order valence-electron chi connectivity index (χ1n) is 10.8. The molecule has 0 N–H and O–H groups in total. The molecule has 0 amide bonds. The maximum absolute atomic E-state index is 6.34. The maximum Gasteiger partial charge on any atom is 0.454 e. The number of nitrogens with zero attached hydrogens (tertiary/aromatic N) is 4. The highest BCUT2D eigenvalue weighted by Crippen LogP contribution is 2.25. The summed E-state index contributed by atoms with van der Waals surface area (Å²) in [5, 5.41) is 16.3. The molecule has 2 aromatic carbocycles. The Kier molecular flexibility index (Phi) is 7.82. The molecular formula is C26H24N4O4Si. The van der Waals surface area contributed by atoms with Crippen molar-refractivity contribution in [3.63, 3.8) is 0 Å². The molecule has 0 aliphatic rings. The van der Waals surface area contributed by atoms with Crippen molar-refractivity contribution in [2.75, 3.05) is 0 Å². The van der Waals surface area contributed by atoms with E-state index in [0.717, 1.165) is 11.1 Å². The third kappa shape index (κ3) is 7.24. The van der Waals surface area contributed by atoms with Crippen LogP contribution in [0.5, 0.6) is 11.5 Å². The first kappa shape index (κ1) is 23.6. The molecular weight excluding hydrogens is 460 g/mol. The van der Waals surface area contributed by atoms with Crippen molar-refractivity contribution in [1.29, 1.82) is 0 Å². The van der Waals surface area contributed by atoms with E-state index >= 15 is 0 Å². The first-order chi connectivity index (χ1) is 17.1. The van der Waals surface area contributed by atoms with Gasteiger partial charge in [0.15, 0.2) is 0 Å². The Morgan fingerprint density at radius 1 is 0.571 bits per heavy atom. The van der Waals surface area contributed by atoms with Crippen molar-refractivity contribution < 1.29 is 17.7 Å². The van der Waals surface area contributed by atoms with Crippen molar-refractivity contribution in [2.24, 2.45) is 20.4 Å². The molecule has 0 radical (unpaired) electrons. The molecule has 2 aromatic heterocycles. The average Bonchev–Trinajstić information content (AvgIpc) is 3.56. The average molecular weight is 485 g/mol. The quantitative estimate of drug-likeness (QED) is 0.158. The maximum atomic E-state index is 6.34. The molecule has 0 unspecified atom stereocenters. The number of rotatable bonds is 10. The normalized spacial score (nSPS) is 12.4. The van der Waals surface area contributed by atoms with Crippen LogP contribution in [0.15, 0.2) is 115 Å². The lowest BCUT2D eigenvalue weighted by atomic mass is 10.2. The number of para-hydroxylation sites is 2. The lowest BCUT2D eigenvalue weighted by Gasteiger charge is -2.26. The van der Waals surface area contributed by atoms with Gasteiger partial charge in [0, 0.05) is 24.2 Å². The molecule has 0 spiro atoms. The molecule has 0 bridgehead atoms. The molecule has 0 saturated heterocycles. The molecule has 176 valence electrons. The minimum atomic E-state index is -2.66. The Balaban J connectivity index is 1.44. The van der Waals surface area contributed by atoms with E-state index in [2.05, 4.69) is 20.4 Å². The van der Waals surface area contributed by atoms with E-state index in [0.29, 0.717) is 23.0 Å². The second-order valence-corrected chi connectivity index (χ2v) is 10.9. The van der Waals surface area contributed by atoms with Gasteiger partial charge in [-0.1, -0.05) is 24.3 Å². The summed E-state index contributed by atoms with van der Waals surface area (Å²) in [7, 11) is -2.66. The van der Waals surface area contributed by atoms with Crippen LogP contribution in [0.1, 0.15) is 22.6 Å².